The third-order valence-electron chi connectivity index (χ3n) is 1.97. The molecule has 1 aliphatic heterocycles. The van der Waals surface area contributed by atoms with Crippen molar-refractivity contribution in [3.8, 4) is 0 Å². The topological polar surface area (TPSA) is 12.5 Å². The minimum absolute atomic E-state index is 0.532. The van der Waals surface area contributed by atoms with E-state index in [4.69, 9.17) is 4.74 Å². The minimum atomic E-state index is 0.532. The van der Waals surface area contributed by atoms with E-state index in [0.29, 0.717) is 12.2 Å². The van der Waals surface area contributed by atoms with Gasteiger partial charge in [-0.1, -0.05) is 36.5 Å². The summed E-state index contributed by atoms with van der Waals surface area (Å²) in [6.45, 7) is 0. The first-order valence-corrected chi connectivity index (χ1v) is 4.10. The monoisotopic (exact) mass is 148 g/mol. The molecule has 2 atom stereocenters. The molecule has 1 nitrogen and oxygen atoms in total. The Morgan fingerprint density at radius 1 is 1.09 bits per heavy atom. The van der Waals surface area contributed by atoms with E-state index in [2.05, 4.69) is 36.5 Å². The second-order valence-electron chi connectivity index (χ2n) is 2.90. The average molecular weight is 148 g/mol. The van der Waals surface area contributed by atoms with Crippen LogP contribution in [0.4, 0.5) is 0 Å². The molecule has 0 radical (unpaired) electrons. The molecular formula is C10H12O. The summed E-state index contributed by atoms with van der Waals surface area (Å²) in [7, 11) is 0. The summed E-state index contributed by atoms with van der Waals surface area (Å²) in [4.78, 5) is 0. The Morgan fingerprint density at radius 2 is 1.91 bits per heavy atom. The van der Waals surface area contributed by atoms with Crippen LogP contribution >= 0.6 is 0 Å². The fraction of sp³-hybridized carbons (Fsp3) is 0.400. The van der Waals surface area contributed by atoms with Crippen LogP contribution in [0.5, 0.6) is 0 Å². The highest BCUT2D eigenvalue weighted by Gasteiger charge is 2.38. The molecule has 1 heterocycles. The van der Waals surface area contributed by atoms with Gasteiger partial charge in [0.05, 0.1) is 6.10 Å². The van der Waals surface area contributed by atoms with E-state index < -0.39 is 0 Å². The number of epoxide rings is 1. The van der Waals surface area contributed by atoms with Crippen molar-refractivity contribution in [2.75, 3.05) is 0 Å². The number of ether oxygens (including phenoxy) is 1. The highest BCUT2D eigenvalue weighted by Crippen LogP contribution is 2.31. The standard InChI is InChI=1S/C5H6O.C5H6/c1-2-4-5(3-1)6-4;1-2-4-5-3-1/h1-2,4-5H,3H2;1-4H,5H2. The normalized spacial score (nSPS) is 34.9. The van der Waals surface area contributed by atoms with Crippen LogP contribution in [0.1, 0.15) is 12.8 Å². The van der Waals surface area contributed by atoms with Gasteiger partial charge in [0.25, 0.3) is 0 Å². The van der Waals surface area contributed by atoms with E-state index in [1.54, 1.807) is 0 Å². The number of fused-ring (bicyclic) bond motifs is 1. The van der Waals surface area contributed by atoms with E-state index in [9.17, 15) is 0 Å². The first-order valence-electron chi connectivity index (χ1n) is 4.10. The molecule has 0 N–H and O–H groups in total. The summed E-state index contributed by atoms with van der Waals surface area (Å²) < 4.78 is 5.07. The molecule has 0 saturated carbocycles. The van der Waals surface area contributed by atoms with E-state index in [-0.39, 0.29) is 0 Å². The molecule has 3 aliphatic rings. The first-order chi connectivity index (χ1) is 5.47. The molecule has 1 saturated heterocycles. The highest BCUT2D eigenvalue weighted by molar-refractivity contribution is 5.12. The van der Waals surface area contributed by atoms with E-state index in [1.165, 1.54) is 0 Å². The van der Waals surface area contributed by atoms with Gasteiger partial charge < -0.3 is 4.74 Å². The van der Waals surface area contributed by atoms with E-state index in [0.717, 1.165) is 12.8 Å². The van der Waals surface area contributed by atoms with Gasteiger partial charge in [-0.15, -0.1) is 0 Å². The predicted octanol–water partition coefficient (Wildman–Crippen LogP) is 2.22. The zero-order valence-corrected chi connectivity index (χ0v) is 6.44. The maximum Gasteiger partial charge on any atom is 0.103 e. The fourth-order valence-corrected chi connectivity index (χ4v) is 1.26. The van der Waals surface area contributed by atoms with Crippen LogP contribution in [0, 0.1) is 0 Å². The third-order valence-corrected chi connectivity index (χ3v) is 1.97. The number of rotatable bonds is 0. The van der Waals surface area contributed by atoms with Crippen molar-refractivity contribution in [3.63, 3.8) is 0 Å². The average Bonchev–Trinajstić information content (AvgIpc) is 2.62. The Bertz CT molecular complexity index is 203. The summed E-state index contributed by atoms with van der Waals surface area (Å²) in [6, 6.07) is 0. The SMILES string of the molecule is C1=CC2OC2C1.C1=CCC=C1. The summed E-state index contributed by atoms with van der Waals surface area (Å²) in [6.07, 6.45) is 16.1. The maximum atomic E-state index is 5.07. The van der Waals surface area contributed by atoms with Crippen molar-refractivity contribution in [1.29, 1.82) is 0 Å². The molecule has 1 fully saturated rings. The van der Waals surface area contributed by atoms with Crippen molar-refractivity contribution in [1.82, 2.24) is 0 Å². The Kier molecular flexibility index (Phi) is 1.91. The van der Waals surface area contributed by atoms with Crippen LogP contribution in [0.25, 0.3) is 0 Å². The van der Waals surface area contributed by atoms with Gasteiger partial charge >= 0.3 is 0 Å². The molecular weight excluding hydrogens is 136 g/mol. The second kappa shape index (κ2) is 3.05. The lowest BCUT2D eigenvalue weighted by molar-refractivity contribution is 0.382. The second-order valence-corrected chi connectivity index (χ2v) is 2.90. The highest BCUT2D eigenvalue weighted by atomic mass is 16.6. The summed E-state index contributed by atoms with van der Waals surface area (Å²) in [5.41, 5.74) is 0. The van der Waals surface area contributed by atoms with Gasteiger partial charge in [0, 0.05) is 0 Å². The Morgan fingerprint density at radius 3 is 2.09 bits per heavy atom. The molecule has 2 aliphatic carbocycles. The van der Waals surface area contributed by atoms with Crippen LogP contribution < -0.4 is 0 Å². The van der Waals surface area contributed by atoms with Gasteiger partial charge in [-0.25, -0.2) is 0 Å². The van der Waals surface area contributed by atoms with Gasteiger partial charge in [-0.2, -0.15) is 0 Å². The zero-order valence-electron chi connectivity index (χ0n) is 6.44. The van der Waals surface area contributed by atoms with Gasteiger partial charge in [0.15, 0.2) is 0 Å². The minimum Gasteiger partial charge on any atom is -0.365 e. The number of hydrogen-bond acceptors (Lipinski definition) is 1. The summed E-state index contributed by atoms with van der Waals surface area (Å²) in [5, 5.41) is 0. The molecule has 58 valence electrons. The third kappa shape index (κ3) is 1.81. The lowest BCUT2D eigenvalue weighted by atomic mass is 10.4. The molecule has 0 spiro atoms. The van der Waals surface area contributed by atoms with Crippen molar-refractivity contribution >= 4 is 0 Å². The molecule has 0 bridgehead atoms. The van der Waals surface area contributed by atoms with Crippen LogP contribution in [0.3, 0.4) is 0 Å². The Balaban J connectivity index is 0.0000000893. The molecule has 0 aromatic rings. The molecule has 2 unspecified atom stereocenters. The van der Waals surface area contributed by atoms with Crippen molar-refractivity contribution in [2.45, 2.75) is 25.0 Å². The van der Waals surface area contributed by atoms with Gasteiger partial charge in [-0.05, 0) is 12.8 Å². The molecule has 0 aromatic heterocycles. The lowest BCUT2D eigenvalue weighted by Crippen LogP contribution is -1.75. The maximum absolute atomic E-state index is 5.07. The smallest absolute Gasteiger partial charge is 0.103 e. The number of allylic oxidation sites excluding steroid dienone is 4. The van der Waals surface area contributed by atoms with E-state index in [1.807, 2.05) is 0 Å². The fourth-order valence-electron chi connectivity index (χ4n) is 1.26. The Labute approximate surface area is 67.1 Å². The molecule has 0 amide bonds. The quantitative estimate of drug-likeness (QED) is 0.379. The zero-order chi connectivity index (χ0) is 7.52. The Hall–Kier alpha value is -0.820. The molecule has 3 rings (SSSR count). The predicted molar refractivity (Wildman–Crippen MR) is 45.3 cm³/mol. The molecule has 0 aromatic carbocycles. The molecule has 1 heteroatoms. The van der Waals surface area contributed by atoms with Crippen LogP contribution in [-0.2, 0) is 4.74 Å². The van der Waals surface area contributed by atoms with Crippen LogP contribution in [-0.4, -0.2) is 12.2 Å². The van der Waals surface area contributed by atoms with Crippen LogP contribution in [0.2, 0.25) is 0 Å². The van der Waals surface area contributed by atoms with Gasteiger partial charge in [-0.3, -0.25) is 0 Å². The number of hydrogen-bond donors (Lipinski definition) is 0. The van der Waals surface area contributed by atoms with Crippen molar-refractivity contribution < 1.29 is 4.74 Å². The van der Waals surface area contributed by atoms with E-state index >= 15 is 0 Å². The van der Waals surface area contributed by atoms with Gasteiger partial charge in [0.2, 0.25) is 0 Å². The van der Waals surface area contributed by atoms with Crippen molar-refractivity contribution in [2.24, 2.45) is 0 Å². The summed E-state index contributed by atoms with van der Waals surface area (Å²) in [5.74, 6) is 0. The summed E-state index contributed by atoms with van der Waals surface area (Å²) >= 11 is 0. The van der Waals surface area contributed by atoms with Crippen molar-refractivity contribution in [3.05, 3.63) is 36.5 Å². The van der Waals surface area contributed by atoms with Gasteiger partial charge in [0.1, 0.15) is 6.10 Å². The largest absolute Gasteiger partial charge is 0.365 e. The lowest BCUT2D eigenvalue weighted by Gasteiger charge is -1.71. The first kappa shape index (κ1) is 6.86. The molecule has 11 heavy (non-hydrogen) atoms. The van der Waals surface area contributed by atoms with Crippen LogP contribution in [0.15, 0.2) is 36.5 Å².